The van der Waals surface area contributed by atoms with Gasteiger partial charge in [0.15, 0.2) is 0 Å². The van der Waals surface area contributed by atoms with Crippen molar-refractivity contribution in [3.8, 4) is 11.3 Å². The number of rotatable bonds is 5. The van der Waals surface area contributed by atoms with Crippen molar-refractivity contribution in [2.45, 2.75) is 12.5 Å². The highest BCUT2D eigenvalue weighted by atomic mass is 16.2. The molecule has 7 heteroatoms. The van der Waals surface area contributed by atoms with Gasteiger partial charge in [0, 0.05) is 11.9 Å². The molecule has 1 unspecified atom stereocenters. The summed E-state index contributed by atoms with van der Waals surface area (Å²) in [6.45, 7) is 0. The van der Waals surface area contributed by atoms with E-state index in [1.54, 1.807) is 18.3 Å². The quantitative estimate of drug-likeness (QED) is 0.621. The normalized spacial score (nSPS) is 11.8. The van der Waals surface area contributed by atoms with Gasteiger partial charge in [-0.25, -0.2) is 0 Å². The highest BCUT2D eigenvalue weighted by Gasteiger charge is 2.15. The van der Waals surface area contributed by atoms with Crippen LogP contribution >= 0.6 is 0 Å². The van der Waals surface area contributed by atoms with E-state index >= 15 is 0 Å². The van der Waals surface area contributed by atoms with Crippen LogP contribution in [0, 0.1) is 0 Å². The predicted octanol–water partition coefficient (Wildman–Crippen LogP) is 0.218. The summed E-state index contributed by atoms with van der Waals surface area (Å²) in [7, 11) is 0. The van der Waals surface area contributed by atoms with Crippen LogP contribution in [0.3, 0.4) is 0 Å². The maximum absolute atomic E-state index is 11.7. The van der Waals surface area contributed by atoms with Gasteiger partial charge in [-0.3, -0.25) is 14.7 Å². The molecule has 0 saturated heterocycles. The number of carbonyl (C=O) groups excluding carboxylic acids is 2. The number of aromatic nitrogens is 2. The predicted molar refractivity (Wildman–Crippen MR) is 74.4 cm³/mol. The minimum absolute atomic E-state index is 0.182. The molecule has 0 aliphatic rings. The van der Waals surface area contributed by atoms with Crippen LogP contribution in [0.25, 0.3) is 11.3 Å². The minimum atomic E-state index is -0.945. The highest BCUT2D eigenvalue weighted by molar-refractivity contribution is 5.97. The van der Waals surface area contributed by atoms with Crippen LogP contribution < -0.4 is 16.8 Å². The number of primary amides is 1. The number of aromatic amines is 1. The van der Waals surface area contributed by atoms with Crippen molar-refractivity contribution in [1.82, 2.24) is 10.2 Å². The number of hydrogen-bond acceptors (Lipinski definition) is 4. The lowest BCUT2D eigenvalue weighted by Gasteiger charge is -2.10. The number of nitrogens with one attached hydrogen (secondary N) is 2. The lowest BCUT2D eigenvalue weighted by atomic mass is 10.1. The smallest absolute Gasteiger partial charge is 0.241 e. The van der Waals surface area contributed by atoms with Crippen LogP contribution in [0.1, 0.15) is 6.42 Å². The third-order valence-electron chi connectivity index (χ3n) is 2.72. The number of carbonyl (C=O) groups is 2. The molecule has 0 aliphatic heterocycles. The monoisotopic (exact) mass is 273 g/mol. The minimum Gasteiger partial charge on any atom is -0.370 e. The summed E-state index contributed by atoms with van der Waals surface area (Å²) in [6, 6.07) is 8.05. The number of nitrogens with two attached hydrogens (primary N) is 2. The van der Waals surface area contributed by atoms with Crippen molar-refractivity contribution in [3.63, 3.8) is 0 Å². The number of H-pyrrole nitrogens is 1. The van der Waals surface area contributed by atoms with Gasteiger partial charge >= 0.3 is 0 Å². The molecular weight excluding hydrogens is 258 g/mol. The topological polar surface area (TPSA) is 127 Å². The second-order valence-corrected chi connectivity index (χ2v) is 4.31. The zero-order valence-corrected chi connectivity index (χ0v) is 10.7. The van der Waals surface area contributed by atoms with E-state index in [9.17, 15) is 9.59 Å². The fourth-order valence-corrected chi connectivity index (χ4v) is 1.69. The SMILES string of the molecule is NC(=O)CC(N)C(=O)Nc1ccc(-c2ccn[nH]2)cc1. The van der Waals surface area contributed by atoms with E-state index in [0.717, 1.165) is 11.3 Å². The highest BCUT2D eigenvalue weighted by Crippen LogP contribution is 2.18. The molecule has 1 aromatic carbocycles. The Hall–Kier alpha value is -2.67. The van der Waals surface area contributed by atoms with Crippen molar-refractivity contribution >= 4 is 17.5 Å². The molecular formula is C13H15N5O2. The molecule has 0 bridgehead atoms. The largest absolute Gasteiger partial charge is 0.370 e. The number of nitrogens with zero attached hydrogens (tertiary/aromatic N) is 1. The lowest BCUT2D eigenvalue weighted by Crippen LogP contribution is -2.38. The van der Waals surface area contributed by atoms with Crippen LogP contribution in [0.2, 0.25) is 0 Å². The van der Waals surface area contributed by atoms with Crippen molar-refractivity contribution < 1.29 is 9.59 Å². The molecule has 6 N–H and O–H groups in total. The summed E-state index contributed by atoms with van der Waals surface area (Å²) in [6.07, 6.45) is 1.48. The lowest BCUT2D eigenvalue weighted by molar-refractivity contribution is -0.123. The van der Waals surface area contributed by atoms with Gasteiger partial charge in [-0.05, 0) is 23.8 Å². The second kappa shape index (κ2) is 5.98. The molecule has 1 atom stereocenters. The molecule has 0 spiro atoms. The molecule has 1 aromatic heterocycles. The summed E-state index contributed by atoms with van der Waals surface area (Å²) in [5.74, 6) is -1.06. The average Bonchev–Trinajstić information content (AvgIpc) is 2.92. The Balaban J connectivity index is 2.00. The van der Waals surface area contributed by atoms with Gasteiger partial charge in [0.25, 0.3) is 0 Å². The Kier molecular flexibility index (Phi) is 4.11. The van der Waals surface area contributed by atoms with Crippen molar-refractivity contribution in [1.29, 1.82) is 0 Å². The first kappa shape index (κ1) is 13.8. The molecule has 0 fully saturated rings. The van der Waals surface area contributed by atoms with E-state index in [-0.39, 0.29) is 6.42 Å². The molecule has 104 valence electrons. The van der Waals surface area contributed by atoms with Gasteiger partial charge < -0.3 is 16.8 Å². The third-order valence-corrected chi connectivity index (χ3v) is 2.72. The van der Waals surface area contributed by atoms with Crippen LogP contribution in [-0.4, -0.2) is 28.1 Å². The fraction of sp³-hybridized carbons (Fsp3) is 0.154. The Labute approximate surface area is 115 Å². The summed E-state index contributed by atoms with van der Waals surface area (Å²) < 4.78 is 0. The molecule has 2 aromatic rings. The zero-order valence-electron chi connectivity index (χ0n) is 10.7. The maximum atomic E-state index is 11.7. The number of anilines is 1. The average molecular weight is 273 g/mol. The van der Waals surface area contributed by atoms with Gasteiger partial charge in [0.1, 0.15) is 0 Å². The van der Waals surface area contributed by atoms with E-state index in [1.165, 1.54) is 0 Å². The van der Waals surface area contributed by atoms with Crippen LogP contribution in [0.15, 0.2) is 36.5 Å². The van der Waals surface area contributed by atoms with Crippen molar-refractivity contribution in [2.75, 3.05) is 5.32 Å². The molecule has 1 heterocycles. The number of amides is 2. The van der Waals surface area contributed by atoms with E-state index < -0.39 is 17.9 Å². The van der Waals surface area contributed by atoms with E-state index in [1.807, 2.05) is 18.2 Å². The Morgan fingerprint density at radius 3 is 2.50 bits per heavy atom. The van der Waals surface area contributed by atoms with Gasteiger partial charge in [0.2, 0.25) is 11.8 Å². The van der Waals surface area contributed by atoms with Gasteiger partial charge in [0.05, 0.1) is 18.2 Å². The van der Waals surface area contributed by atoms with Gasteiger partial charge in [-0.1, -0.05) is 12.1 Å². The fourth-order valence-electron chi connectivity index (χ4n) is 1.69. The molecule has 0 saturated carbocycles. The molecule has 0 aliphatic carbocycles. The Morgan fingerprint density at radius 2 is 1.95 bits per heavy atom. The maximum Gasteiger partial charge on any atom is 0.241 e. The Morgan fingerprint density at radius 1 is 1.25 bits per heavy atom. The van der Waals surface area contributed by atoms with E-state index in [2.05, 4.69) is 15.5 Å². The third kappa shape index (κ3) is 3.42. The summed E-state index contributed by atoms with van der Waals surface area (Å²) >= 11 is 0. The van der Waals surface area contributed by atoms with Crippen LogP contribution in [0.4, 0.5) is 5.69 Å². The molecule has 20 heavy (non-hydrogen) atoms. The first-order valence-corrected chi connectivity index (χ1v) is 6.01. The summed E-state index contributed by atoms with van der Waals surface area (Å²) in [5, 5.41) is 9.33. The van der Waals surface area contributed by atoms with E-state index in [4.69, 9.17) is 11.5 Å². The Bertz CT molecular complexity index is 592. The van der Waals surface area contributed by atoms with Crippen molar-refractivity contribution in [2.24, 2.45) is 11.5 Å². The number of hydrogen-bond donors (Lipinski definition) is 4. The van der Waals surface area contributed by atoms with Crippen LogP contribution in [0.5, 0.6) is 0 Å². The van der Waals surface area contributed by atoms with E-state index in [0.29, 0.717) is 5.69 Å². The first-order valence-electron chi connectivity index (χ1n) is 6.01. The first-order chi connectivity index (χ1) is 9.56. The zero-order chi connectivity index (χ0) is 14.5. The molecule has 2 amide bonds. The van der Waals surface area contributed by atoms with Gasteiger partial charge in [-0.15, -0.1) is 0 Å². The standard InChI is InChI=1S/C13H15N5O2/c14-10(7-12(15)19)13(20)17-9-3-1-8(2-4-9)11-5-6-16-18-11/h1-6,10H,7,14H2,(H2,15,19)(H,16,18)(H,17,20). The number of benzene rings is 1. The second-order valence-electron chi connectivity index (χ2n) is 4.31. The summed E-state index contributed by atoms with van der Waals surface area (Å²) in [5.41, 5.74) is 13.0. The molecule has 7 nitrogen and oxygen atoms in total. The van der Waals surface area contributed by atoms with Crippen LogP contribution in [-0.2, 0) is 9.59 Å². The molecule has 0 radical (unpaired) electrons. The van der Waals surface area contributed by atoms with Crippen molar-refractivity contribution in [3.05, 3.63) is 36.5 Å². The molecule has 2 rings (SSSR count). The van der Waals surface area contributed by atoms with Gasteiger partial charge in [-0.2, -0.15) is 5.10 Å². The summed E-state index contributed by atoms with van der Waals surface area (Å²) in [4.78, 5) is 22.4.